The Kier molecular flexibility index (Phi) is 4.94. The molecule has 1 heteroatoms. The van der Waals surface area contributed by atoms with Crippen molar-refractivity contribution in [3.63, 3.8) is 0 Å². The normalized spacial score (nSPS) is 30.6. The van der Waals surface area contributed by atoms with E-state index in [1.165, 1.54) is 32.2 Å². The van der Waals surface area contributed by atoms with E-state index in [0.717, 1.165) is 23.8 Å². The lowest BCUT2D eigenvalue weighted by molar-refractivity contribution is 0.258. The van der Waals surface area contributed by atoms with Crippen LogP contribution in [0.4, 0.5) is 0 Å². The number of nitrogens with one attached hydrogen (secondary N) is 1. The monoisotopic (exact) mass is 197 g/mol. The maximum atomic E-state index is 3.75. The van der Waals surface area contributed by atoms with Crippen LogP contribution < -0.4 is 5.32 Å². The summed E-state index contributed by atoms with van der Waals surface area (Å²) in [4.78, 5) is 0. The van der Waals surface area contributed by atoms with Gasteiger partial charge in [0.05, 0.1) is 0 Å². The van der Waals surface area contributed by atoms with E-state index in [1.54, 1.807) is 0 Å². The molecule has 1 aliphatic carbocycles. The van der Waals surface area contributed by atoms with E-state index in [-0.39, 0.29) is 0 Å². The molecule has 1 N–H and O–H groups in total. The van der Waals surface area contributed by atoms with Crippen molar-refractivity contribution in [2.45, 2.75) is 59.4 Å². The second-order valence-corrected chi connectivity index (χ2v) is 5.50. The number of hydrogen-bond donors (Lipinski definition) is 1. The summed E-state index contributed by atoms with van der Waals surface area (Å²) in [5.41, 5.74) is 0. The van der Waals surface area contributed by atoms with Crippen molar-refractivity contribution in [3.8, 4) is 0 Å². The third kappa shape index (κ3) is 3.61. The molecule has 0 aromatic carbocycles. The molecular formula is C13H27N. The SMILES string of the molecule is CC(C)C(C)CNC1CCCCC1C. The number of rotatable bonds is 4. The van der Waals surface area contributed by atoms with Gasteiger partial charge in [0.1, 0.15) is 0 Å². The van der Waals surface area contributed by atoms with Crippen molar-refractivity contribution in [3.05, 3.63) is 0 Å². The molecule has 1 fully saturated rings. The van der Waals surface area contributed by atoms with Crippen LogP contribution in [0.15, 0.2) is 0 Å². The fraction of sp³-hybridized carbons (Fsp3) is 1.00. The highest BCUT2D eigenvalue weighted by Gasteiger charge is 2.21. The first kappa shape index (κ1) is 12.0. The summed E-state index contributed by atoms with van der Waals surface area (Å²) in [6.07, 6.45) is 5.69. The van der Waals surface area contributed by atoms with Crippen LogP contribution in [0.1, 0.15) is 53.4 Å². The quantitative estimate of drug-likeness (QED) is 0.728. The van der Waals surface area contributed by atoms with Crippen LogP contribution in [0.2, 0.25) is 0 Å². The van der Waals surface area contributed by atoms with Crippen LogP contribution >= 0.6 is 0 Å². The Bertz CT molecular complexity index is 153. The minimum atomic E-state index is 0.796. The molecular weight excluding hydrogens is 170 g/mol. The van der Waals surface area contributed by atoms with Crippen molar-refractivity contribution in [2.75, 3.05) is 6.54 Å². The molecule has 0 radical (unpaired) electrons. The molecule has 0 saturated heterocycles. The highest BCUT2D eigenvalue weighted by atomic mass is 14.9. The van der Waals surface area contributed by atoms with Gasteiger partial charge in [-0.3, -0.25) is 0 Å². The molecule has 1 rings (SSSR count). The van der Waals surface area contributed by atoms with Gasteiger partial charge in [0.25, 0.3) is 0 Å². The van der Waals surface area contributed by atoms with E-state index in [1.807, 2.05) is 0 Å². The van der Waals surface area contributed by atoms with Gasteiger partial charge in [0.2, 0.25) is 0 Å². The standard InChI is InChI=1S/C13H27N/c1-10(2)12(4)9-14-13-8-6-5-7-11(13)3/h10-14H,5-9H2,1-4H3. The minimum Gasteiger partial charge on any atom is -0.313 e. The van der Waals surface area contributed by atoms with Gasteiger partial charge < -0.3 is 5.32 Å². The average molecular weight is 197 g/mol. The summed E-state index contributed by atoms with van der Waals surface area (Å²) in [5.74, 6) is 2.51. The van der Waals surface area contributed by atoms with Crippen LogP contribution in [-0.4, -0.2) is 12.6 Å². The van der Waals surface area contributed by atoms with Gasteiger partial charge in [0, 0.05) is 6.04 Å². The molecule has 0 heterocycles. The zero-order valence-electron chi connectivity index (χ0n) is 10.3. The Morgan fingerprint density at radius 3 is 2.36 bits per heavy atom. The molecule has 0 bridgehead atoms. The molecule has 0 spiro atoms. The van der Waals surface area contributed by atoms with Crippen LogP contribution in [0.3, 0.4) is 0 Å². The van der Waals surface area contributed by atoms with Gasteiger partial charge in [-0.2, -0.15) is 0 Å². The maximum Gasteiger partial charge on any atom is 0.00928 e. The zero-order chi connectivity index (χ0) is 10.6. The first-order valence-electron chi connectivity index (χ1n) is 6.34. The van der Waals surface area contributed by atoms with Crippen LogP contribution in [0, 0.1) is 17.8 Å². The van der Waals surface area contributed by atoms with Crippen LogP contribution in [0.25, 0.3) is 0 Å². The van der Waals surface area contributed by atoms with Gasteiger partial charge in [-0.25, -0.2) is 0 Å². The summed E-state index contributed by atoms with van der Waals surface area (Å²) in [5, 5.41) is 3.75. The van der Waals surface area contributed by atoms with E-state index in [9.17, 15) is 0 Å². The molecule has 84 valence electrons. The van der Waals surface area contributed by atoms with Gasteiger partial charge >= 0.3 is 0 Å². The fourth-order valence-corrected chi connectivity index (χ4v) is 2.19. The number of hydrogen-bond acceptors (Lipinski definition) is 1. The van der Waals surface area contributed by atoms with Crippen molar-refractivity contribution >= 4 is 0 Å². The van der Waals surface area contributed by atoms with Crippen LogP contribution in [0.5, 0.6) is 0 Å². The summed E-state index contributed by atoms with van der Waals surface area (Å²) >= 11 is 0. The van der Waals surface area contributed by atoms with Crippen molar-refractivity contribution in [2.24, 2.45) is 17.8 Å². The van der Waals surface area contributed by atoms with E-state index in [4.69, 9.17) is 0 Å². The molecule has 1 saturated carbocycles. The Labute approximate surface area is 89.7 Å². The van der Waals surface area contributed by atoms with E-state index >= 15 is 0 Å². The summed E-state index contributed by atoms with van der Waals surface area (Å²) in [6, 6.07) is 0.796. The summed E-state index contributed by atoms with van der Waals surface area (Å²) in [7, 11) is 0. The first-order chi connectivity index (χ1) is 6.61. The van der Waals surface area contributed by atoms with E-state index < -0.39 is 0 Å². The van der Waals surface area contributed by atoms with Crippen molar-refractivity contribution in [1.29, 1.82) is 0 Å². The predicted molar refractivity (Wildman–Crippen MR) is 63.4 cm³/mol. The molecule has 3 atom stereocenters. The largest absolute Gasteiger partial charge is 0.313 e. The molecule has 0 aromatic rings. The first-order valence-corrected chi connectivity index (χ1v) is 6.34. The summed E-state index contributed by atoms with van der Waals surface area (Å²) < 4.78 is 0. The molecule has 0 aromatic heterocycles. The molecule has 14 heavy (non-hydrogen) atoms. The molecule has 0 aliphatic heterocycles. The highest BCUT2D eigenvalue weighted by Crippen LogP contribution is 2.24. The Balaban J connectivity index is 2.22. The third-order valence-electron chi connectivity index (χ3n) is 3.95. The van der Waals surface area contributed by atoms with Gasteiger partial charge in [-0.15, -0.1) is 0 Å². The van der Waals surface area contributed by atoms with E-state index in [0.29, 0.717) is 0 Å². The van der Waals surface area contributed by atoms with Gasteiger partial charge in [-0.05, 0) is 37.1 Å². The second kappa shape index (κ2) is 5.75. The second-order valence-electron chi connectivity index (χ2n) is 5.50. The molecule has 1 nitrogen and oxygen atoms in total. The lowest BCUT2D eigenvalue weighted by atomic mass is 9.85. The minimum absolute atomic E-state index is 0.796. The predicted octanol–water partition coefficient (Wildman–Crippen LogP) is 3.45. The fourth-order valence-electron chi connectivity index (χ4n) is 2.19. The lowest BCUT2D eigenvalue weighted by Crippen LogP contribution is -2.40. The Morgan fingerprint density at radius 1 is 1.14 bits per heavy atom. The molecule has 0 amide bonds. The maximum absolute atomic E-state index is 3.75. The zero-order valence-corrected chi connectivity index (χ0v) is 10.3. The third-order valence-corrected chi connectivity index (χ3v) is 3.95. The summed E-state index contributed by atoms with van der Waals surface area (Å²) in [6.45, 7) is 10.6. The Hall–Kier alpha value is -0.0400. The molecule has 1 aliphatic rings. The average Bonchev–Trinajstić information content (AvgIpc) is 2.16. The van der Waals surface area contributed by atoms with Gasteiger partial charge in [-0.1, -0.05) is 40.5 Å². The molecule has 3 unspecified atom stereocenters. The van der Waals surface area contributed by atoms with Crippen molar-refractivity contribution in [1.82, 2.24) is 5.32 Å². The highest BCUT2D eigenvalue weighted by molar-refractivity contribution is 4.78. The Morgan fingerprint density at radius 2 is 1.79 bits per heavy atom. The van der Waals surface area contributed by atoms with E-state index in [2.05, 4.69) is 33.0 Å². The lowest BCUT2D eigenvalue weighted by Gasteiger charge is -2.31. The van der Waals surface area contributed by atoms with Gasteiger partial charge in [0.15, 0.2) is 0 Å². The smallest absolute Gasteiger partial charge is 0.00928 e. The topological polar surface area (TPSA) is 12.0 Å². The van der Waals surface area contributed by atoms with Crippen LogP contribution in [-0.2, 0) is 0 Å². The van der Waals surface area contributed by atoms with Crippen molar-refractivity contribution < 1.29 is 0 Å².